The number of hydrogen-bond donors (Lipinski definition) is 0. The molecule has 2 bridgehead atoms. The Morgan fingerprint density at radius 1 is 0.700 bits per heavy atom. The Labute approximate surface area is 100 Å². The van der Waals surface area contributed by atoms with Crippen molar-refractivity contribution in [2.45, 2.75) is 38.5 Å². The third-order valence-electron chi connectivity index (χ3n) is 2.95. The first kappa shape index (κ1) is 10.2. The maximum atomic E-state index is 3.12. The molecule has 3 rings (SSSR count). The monoisotopic (exact) mass is 228 g/mol. The zero-order chi connectivity index (χ0) is 7.40. The van der Waals surface area contributed by atoms with E-state index in [1.54, 1.807) is 38.5 Å². The van der Waals surface area contributed by atoms with Crippen molar-refractivity contribution in [3.8, 4) is 0 Å². The van der Waals surface area contributed by atoms with Gasteiger partial charge in [-0.25, -0.2) is 0 Å². The van der Waals surface area contributed by atoms with Crippen molar-refractivity contribution in [2.75, 3.05) is 0 Å². The summed E-state index contributed by atoms with van der Waals surface area (Å²) in [6.45, 7) is 3.12. The van der Waals surface area contributed by atoms with Gasteiger partial charge in [0.15, 0.2) is 0 Å². The van der Waals surface area contributed by atoms with Crippen molar-refractivity contribution < 1.29 is 0 Å². The summed E-state index contributed by atoms with van der Waals surface area (Å²) in [5.74, 6) is 2.31. The van der Waals surface area contributed by atoms with E-state index in [1.807, 2.05) is 0 Å². The molecular formula is C8H14BrK. The Kier molecular flexibility index (Phi) is 5.82. The van der Waals surface area contributed by atoms with Gasteiger partial charge >= 0.3 is 52.0 Å². The van der Waals surface area contributed by atoms with Gasteiger partial charge in [0.25, 0.3) is 0 Å². The molecule has 3 aliphatic carbocycles. The van der Waals surface area contributed by atoms with E-state index in [2.05, 4.69) is 6.60 Å². The van der Waals surface area contributed by atoms with Crippen LogP contribution in [-0.2, 0) is 0 Å². The van der Waals surface area contributed by atoms with E-state index in [1.165, 1.54) is 0 Å². The molecule has 0 spiro atoms. The molecule has 0 radical (unpaired) electrons. The number of halogens is 1. The molecule has 3 fully saturated rings. The first-order chi connectivity index (χ1) is 4.95. The number of hydrogen-bond acceptors (Lipinski definition) is 0. The SMILES string of the molecule is C1CC2CCC1CC2.[K][Br]. The van der Waals surface area contributed by atoms with Crippen LogP contribution in [0, 0.1) is 11.8 Å². The standard InChI is InChI=1S/C8H14.BrH.K/c1-2-8-5-3-7(1)4-6-8;;/h7-8H,1-6H2;1H;/q;;+1/p-1. The van der Waals surface area contributed by atoms with Crippen molar-refractivity contribution >= 4 is 52.0 Å². The van der Waals surface area contributed by atoms with Crippen molar-refractivity contribution in [3.63, 3.8) is 0 Å². The number of rotatable bonds is 0. The predicted molar refractivity (Wildman–Crippen MR) is 49.4 cm³/mol. The molecule has 0 aromatic rings. The van der Waals surface area contributed by atoms with E-state index in [0.717, 1.165) is 57.3 Å². The van der Waals surface area contributed by atoms with Crippen LogP contribution in [0.5, 0.6) is 0 Å². The van der Waals surface area contributed by atoms with Gasteiger partial charge in [0, 0.05) is 0 Å². The minimum absolute atomic E-state index is 0.875. The van der Waals surface area contributed by atoms with Crippen molar-refractivity contribution in [1.29, 1.82) is 0 Å². The fraction of sp³-hybridized carbons (Fsp3) is 1.00. The maximum absolute atomic E-state index is 3.12. The van der Waals surface area contributed by atoms with Crippen molar-refractivity contribution in [2.24, 2.45) is 11.8 Å². The van der Waals surface area contributed by atoms with E-state index in [0.29, 0.717) is 0 Å². The second-order valence-corrected chi connectivity index (χ2v) is 3.46. The fourth-order valence-corrected chi connectivity index (χ4v) is 2.28. The molecule has 0 unspecified atom stereocenters. The van der Waals surface area contributed by atoms with Gasteiger partial charge in [-0.15, -0.1) is 0 Å². The quantitative estimate of drug-likeness (QED) is 0.560. The molecule has 0 N–H and O–H groups in total. The molecule has 3 saturated carbocycles. The summed E-state index contributed by atoms with van der Waals surface area (Å²) in [4.78, 5) is 0. The van der Waals surface area contributed by atoms with Gasteiger partial charge in [0.05, 0.1) is 0 Å². The summed E-state index contributed by atoms with van der Waals surface area (Å²) in [6, 6.07) is 0. The Morgan fingerprint density at radius 3 is 1.00 bits per heavy atom. The van der Waals surface area contributed by atoms with Crippen LogP contribution < -0.4 is 0 Å². The predicted octanol–water partition coefficient (Wildman–Crippen LogP) is 3.05. The van der Waals surface area contributed by atoms with Gasteiger partial charge in [-0.3, -0.25) is 0 Å². The number of fused-ring (bicyclic) bond motifs is 3. The van der Waals surface area contributed by atoms with Crippen LogP contribution in [0.2, 0.25) is 0 Å². The molecule has 0 heterocycles. The summed E-state index contributed by atoms with van der Waals surface area (Å²) >= 11 is 0.875. The molecule has 0 aromatic heterocycles. The average Bonchev–Trinajstić information content (AvgIpc) is 2.11. The van der Waals surface area contributed by atoms with Gasteiger partial charge in [0.2, 0.25) is 0 Å². The summed E-state index contributed by atoms with van der Waals surface area (Å²) in [5, 5.41) is 0. The van der Waals surface area contributed by atoms with Crippen LogP contribution in [0.15, 0.2) is 0 Å². The molecule has 3 aliphatic rings. The molecule has 0 atom stereocenters. The molecule has 0 amide bonds. The van der Waals surface area contributed by atoms with Gasteiger partial charge < -0.3 is 0 Å². The molecular weight excluding hydrogens is 215 g/mol. The third-order valence-corrected chi connectivity index (χ3v) is 2.95. The van der Waals surface area contributed by atoms with E-state index in [4.69, 9.17) is 0 Å². The fourth-order valence-electron chi connectivity index (χ4n) is 2.28. The first-order valence-corrected chi connectivity index (χ1v) is 12.0. The zero-order valence-electron chi connectivity index (χ0n) is 6.78. The summed E-state index contributed by atoms with van der Waals surface area (Å²) in [5.41, 5.74) is 0. The summed E-state index contributed by atoms with van der Waals surface area (Å²) in [7, 11) is 0. The Hall–Kier alpha value is 2.12. The molecule has 0 saturated heterocycles. The molecule has 0 nitrogen and oxygen atoms in total. The van der Waals surface area contributed by atoms with Crippen molar-refractivity contribution in [1.82, 2.24) is 0 Å². The van der Waals surface area contributed by atoms with Gasteiger partial charge in [0.1, 0.15) is 0 Å². The Bertz CT molecular complexity index is 64.2. The van der Waals surface area contributed by atoms with Crippen LogP contribution in [0.3, 0.4) is 0 Å². The van der Waals surface area contributed by atoms with Crippen LogP contribution in [0.1, 0.15) is 38.5 Å². The summed E-state index contributed by atoms with van der Waals surface area (Å²) < 4.78 is 0. The minimum atomic E-state index is 0.875. The van der Waals surface area contributed by atoms with E-state index in [-0.39, 0.29) is 0 Å². The van der Waals surface area contributed by atoms with E-state index in [9.17, 15) is 0 Å². The normalized spacial score (nSPS) is 36.7. The summed E-state index contributed by atoms with van der Waals surface area (Å²) in [6.07, 6.45) is 9.36. The van der Waals surface area contributed by atoms with Crippen LogP contribution in [0.4, 0.5) is 0 Å². The van der Waals surface area contributed by atoms with Crippen LogP contribution >= 0.6 is 6.60 Å². The molecule has 0 aromatic carbocycles. The molecule has 54 valence electrons. The topological polar surface area (TPSA) is 0 Å². The Morgan fingerprint density at radius 2 is 0.900 bits per heavy atom. The van der Waals surface area contributed by atoms with Crippen molar-refractivity contribution in [3.05, 3.63) is 0 Å². The second-order valence-electron chi connectivity index (χ2n) is 3.46. The molecule has 0 aliphatic heterocycles. The molecule has 10 heavy (non-hydrogen) atoms. The average molecular weight is 229 g/mol. The first-order valence-electron chi connectivity index (χ1n) is 4.33. The van der Waals surface area contributed by atoms with Crippen LogP contribution in [0.25, 0.3) is 0 Å². The van der Waals surface area contributed by atoms with Gasteiger partial charge in [-0.05, 0) is 11.8 Å². The Balaban J connectivity index is 0.000000231. The zero-order valence-corrected chi connectivity index (χ0v) is 11.5. The van der Waals surface area contributed by atoms with Crippen LogP contribution in [-0.4, -0.2) is 45.4 Å². The second kappa shape index (κ2) is 5.71. The molecule has 2 heteroatoms. The van der Waals surface area contributed by atoms with E-state index >= 15 is 0 Å². The van der Waals surface area contributed by atoms with Gasteiger partial charge in [-0.2, -0.15) is 0 Å². The van der Waals surface area contributed by atoms with E-state index < -0.39 is 0 Å². The van der Waals surface area contributed by atoms with Gasteiger partial charge in [-0.1, -0.05) is 38.5 Å². The third kappa shape index (κ3) is 2.87.